The summed E-state index contributed by atoms with van der Waals surface area (Å²) >= 11 is 0. The Labute approximate surface area is 126 Å². The van der Waals surface area contributed by atoms with Gasteiger partial charge in [0.1, 0.15) is 0 Å². The van der Waals surface area contributed by atoms with Crippen molar-refractivity contribution in [2.45, 2.75) is 19.4 Å². The van der Waals surface area contributed by atoms with E-state index in [0.717, 1.165) is 30.2 Å². The Morgan fingerprint density at radius 1 is 0.952 bits per heavy atom. The van der Waals surface area contributed by atoms with Gasteiger partial charge in [0.05, 0.1) is 14.2 Å². The summed E-state index contributed by atoms with van der Waals surface area (Å²) in [5.41, 5.74) is 2.46. The maximum atomic E-state index is 5.44. The highest BCUT2D eigenvalue weighted by molar-refractivity contribution is 5.46. The summed E-state index contributed by atoms with van der Waals surface area (Å²) in [4.78, 5) is 0. The lowest BCUT2D eigenvalue weighted by atomic mass is 10.0. The predicted molar refractivity (Wildman–Crippen MR) is 86.1 cm³/mol. The van der Waals surface area contributed by atoms with Crippen LogP contribution in [0.15, 0.2) is 48.5 Å². The first-order valence-corrected chi connectivity index (χ1v) is 7.21. The summed E-state index contributed by atoms with van der Waals surface area (Å²) < 4.78 is 10.8. The Hall–Kier alpha value is -2.00. The monoisotopic (exact) mass is 285 g/mol. The van der Waals surface area contributed by atoms with Crippen molar-refractivity contribution in [3.63, 3.8) is 0 Å². The van der Waals surface area contributed by atoms with E-state index in [-0.39, 0.29) is 0 Å². The molecule has 1 atom stereocenters. The van der Waals surface area contributed by atoms with Gasteiger partial charge in [0.2, 0.25) is 0 Å². The minimum atomic E-state index is 0.475. The Kier molecular flexibility index (Phi) is 5.64. The first kappa shape index (κ1) is 15.4. The molecule has 0 fully saturated rings. The second-order valence-corrected chi connectivity index (χ2v) is 5.10. The van der Waals surface area contributed by atoms with Crippen molar-refractivity contribution in [1.82, 2.24) is 5.32 Å². The van der Waals surface area contributed by atoms with Crippen molar-refractivity contribution in [1.29, 1.82) is 0 Å². The van der Waals surface area contributed by atoms with Crippen LogP contribution in [-0.2, 0) is 6.54 Å². The van der Waals surface area contributed by atoms with Crippen LogP contribution in [0.1, 0.15) is 24.0 Å². The molecule has 3 nitrogen and oxygen atoms in total. The summed E-state index contributed by atoms with van der Waals surface area (Å²) in [6, 6.07) is 16.5. The van der Waals surface area contributed by atoms with Crippen LogP contribution in [0.25, 0.3) is 0 Å². The quantitative estimate of drug-likeness (QED) is 0.843. The number of hydrogen-bond donors (Lipinski definition) is 1. The molecule has 0 spiro atoms. The Morgan fingerprint density at radius 3 is 2.38 bits per heavy atom. The fourth-order valence-electron chi connectivity index (χ4n) is 2.42. The van der Waals surface area contributed by atoms with Gasteiger partial charge >= 0.3 is 0 Å². The average Bonchev–Trinajstić information content (AvgIpc) is 2.55. The molecule has 2 aromatic carbocycles. The van der Waals surface area contributed by atoms with E-state index < -0.39 is 0 Å². The van der Waals surface area contributed by atoms with Crippen LogP contribution in [0.2, 0.25) is 0 Å². The lowest BCUT2D eigenvalue weighted by molar-refractivity contribution is 0.350. The van der Waals surface area contributed by atoms with Crippen molar-refractivity contribution in [3.8, 4) is 11.5 Å². The largest absolute Gasteiger partial charge is 0.493 e. The fraction of sp³-hybridized carbons (Fsp3) is 0.333. The summed E-state index contributed by atoms with van der Waals surface area (Å²) in [6.45, 7) is 3.91. The van der Waals surface area contributed by atoms with Crippen LogP contribution >= 0.6 is 0 Å². The molecule has 0 saturated heterocycles. The first-order chi connectivity index (χ1) is 10.3. The molecule has 0 heterocycles. The van der Waals surface area contributed by atoms with Gasteiger partial charge in [0.25, 0.3) is 0 Å². The van der Waals surface area contributed by atoms with Crippen molar-refractivity contribution in [2.75, 3.05) is 20.8 Å². The van der Waals surface area contributed by atoms with E-state index in [9.17, 15) is 0 Å². The number of methoxy groups -OCH3 is 2. The smallest absolute Gasteiger partial charge is 0.165 e. The normalized spacial score (nSPS) is 12.0. The molecule has 2 rings (SSSR count). The van der Waals surface area contributed by atoms with Crippen molar-refractivity contribution in [3.05, 3.63) is 59.7 Å². The summed E-state index contributed by atoms with van der Waals surface area (Å²) in [5.74, 6) is 2.05. The maximum absolute atomic E-state index is 5.44. The molecule has 0 amide bonds. The van der Waals surface area contributed by atoms with Crippen LogP contribution in [0.3, 0.4) is 0 Å². The number of ether oxygens (including phenoxy) is 2. The van der Waals surface area contributed by atoms with Gasteiger partial charge in [-0.25, -0.2) is 0 Å². The highest BCUT2D eigenvalue weighted by Crippen LogP contribution is 2.30. The van der Waals surface area contributed by atoms with E-state index in [1.807, 2.05) is 18.2 Å². The van der Waals surface area contributed by atoms with E-state index in [2.05, 4.69) is 42.6 Å². The predicted octanol–water partition coefficient (Wildman–Crippen LogP) is 3.60. The summed E-state index contributed by atoms with van der Waals surface area (Å²) in [5, 5.41) is 3.49. The summed E-state index contributed by atoms with van der Waals surface area (Å²) in [7, 11) is 3.33. The lowest BCUT2D eigenvalue weighted by Gasteiger charge is -2.15. The molecule has 0 radical (unpaired) electrons. The fourth-order valence-corrected chi connectivity index (χ4v) is 2.42. The third kappa shape index (κ3) is 3.99. The van der Waals surface area contributed by atoms with Gasteiger partial charge in [-0.2, -0.15) is 0 Å². The zero-order valence-electron chi connectivity index (χ0n) is 12.9. The molecule has 1 N–H and O–H groups in total. The van der Waals surface area contributed by atoms with Crippen LogP contribution < -0.4 is 14.8 Å². The minimum Gasteiger partial charge on any atom is -0.493 e. The van der Waals surface area contributed by atoms with Crippen LogP contribution in [0.5, 0.6) is 11.5 Å². The third-order valence-electron chi connectivity index (χ3n) is 3.62. The number of nitrogens with one attached hydrogen (secondary N) is 1. The van der Waals surface area contributed by atoms with Gasteiger partial charge in [-0.15, -0.1) is 0 Å². The minimum absolute atomic E-state index is 0.475. The zero-order chi connectivity index (χ0) is 15.1. The molecule has 0 aromatic heterocycles. The second-order valence-electron chi connectivity index (χ2n) is 5.10. The number of benzene rings is 2. The first-order valence-electron chi connectivity index (χ1n) is 7.21. The molecule has 0 saturated carbocycles. The van der Waals surface area contributed by atoms with Gasteiger partial charge in [-0.3, -0.25) is 0 Å². The molecule has 2 aromatic rings. The number of para-hydroxylation sites is 1. The standard InChI is InChI=1S/C18H23NO2/c1-14(15-8-5-4-6-9-15)12-19-13-16-10-7-11-17(20-2)18(16)21-3/h4-11,14,19H,12-13H2,1-3H3. The molecule has 0 aliphatic carbocycles. The molecule has 0 aliphatic rings. The van der Waals surface area contributed by atoms with Gasteiger partial charge in [0, 0.05) is 18.7 Å². The molecule has 0 aliphatic heterocycles. The Balaban J connectivity index is 1.95. The van der Waals surface area contributed by atoms with Gasteiger partial charge in [-0.1, -0.05) is 49.4 Å². The van der Waals surface area contributed by atoms with Crippen molar-refractivity contribution < 1.29 is 9.47 Å². The Morgan fingerprint density at radius 2 is 1.71 bits per heavy atom. The number of rotatable bonds is 7. The average molecular weight is 285 g/mol. The third-order valence-corrected chi connectivity index (χ3v) is 3.62. The summed E-state index contributed by atoms with van der Waals surface area (Å²) in [6.07, 6.45) is 0. The van der Waals surface area contributed by atoms with Crippen LogP contribution in [-0.4, -0.2) is 20.8 Å². The maximum Gasteiger partial charge on any atom is 0.165 e. The molecule has 0 bridgehead atoms. The topological polar surface area (TPSA) is 30.5 Å². The van der Waals surface area contributed by atoms with E-state index in [1.165, 1.54) is 5.56 Å². The molecular formula is C18H23NO2. The zero-order valence-corrected chi connectivity index (χ0v) is 12.9. The van der Waals surface area contributed by atoms with E-state index in [1.54, 1.807) is 14.2 Å². The van der Waals surface area contributed by atoms with Gasteiger partial charge in [-0.05, 0) is 17.5 Å². The highest BCUT2D eigenvalue weighted by atomic mass is 16.5. The van der Waals surface area contributed by atoms with E-state index >= 15 is 0 Å². The van der Waals surface area contributed by atoms with E-state index in [4.69, 9.17) is 9.47 Å². The van der Waals surface area contributed by atoms with Crippen molar-refractivity contribution in [2.24, 2.45) is 0 Å². The van der Waals surface area contributed by atoms with Gasteiger partial charge < -0.3 is 14.8 Å². The van der Waals surface area contributed by atoms with Crippen molar-refractivity contribution >= 4 is 0 Å². The van der Waals surface area contributed by atoms with E-state index in [0.29, 0.717) is 5.92 Å². The molecule has 21 heavy (non-hydrogen) atoms. The molecular weight excluding hydrogens is 262 g/mol. The second kappa shape index (κ2) is 7.70. The molecule has 3 heteroatoms. The lowest BCUT2D eigenvalue weighted by Crippen LogP contribution is -2.20. The Bertz CT molecular complexity index is 554. The SMILES string of the molecule is COc1cccc(CNCC(C)c2ccccc2)c1OC. The molecule has 1 unspecified atom stereocenters. The number of hydrogen-bond acceptors (Lipinski definition) is 3. The van der Waals surface area contributed by atoms with Crippen LogP contribution in [0.4, 0.5) is 0 Å². The van der Waals surface area contributed by atoms with Gasteiger partial charge in [0.15, 0.2) is 11.5 Å². The molecule has 112 valence electrons. The van der Waals surface area contributed by atoms with Crippen LogP contribution in [0, 0.1) is 0 Å². The highest BCUT2D eigenvalue weighted by Gasteiger charge is 2.10.